The summed E-state index contributed by atoms with van der Waals surface area (Å²) in [5.74, 6) is 0.0776. The maximum Gasteiger partial charge on any atom is 0.336 e. The number of carbonyl (C=O) groups is 1. The van der Waals surface area contributed by atoms with Crippen LogP contribution in [0.5, 0.6) is 5.75 Å². The van der Waals surface area contributed by atoms with E-state index in [1.54, 1.807) is 38.1 Å². The number of fused-ring (bicyclic) bond motifs is 1. The molecule has 0 aliphatic rings. The molecule has 2 rings (SSSR count). The predicted octanol–water partition coefficient (Wildman–Crippen LogP) is 2.26. The van der Waals surface area contributed by atoms with E-state index >= 15 is 0 Å². The predicted molar refractivity (Wildman–Crippen MR) is 84.4 cm³/mol. The first-order valence-electron chi connectivity index (χ1n) is 7.32. The number of hydrogen-bond acceptors (Lipinski definition) is 6. The summed E-state index contributed by atoms with van der Waals surface area (Å²) in [5, 5.41) is 10.8. The first-order valence-corrected chi connectivity index (χ1v) is 7.32. The Morgan fingerprint density at radius 1 is 1.30 bits per heavy atom. The molecule has 1 atom stereocenters. The molecule has 1 aromatic heterocycles. The van der Waals surface area contributed by atoms with Crippen LogP contribution in [0.2, 0.25) is 0 Å². The smallest absolute Gasteiger partial charge is 0.336 e. The summed E-state index contributed by atoms with van der Waals surface area (Å²) in [6.45, 7) is 4.69. The molecule has 1 aromatic carbocycles. The van der Waals surface area contributed by atoms with E-state index in [0.717, 1.165) is 5.39 Å². The highest BCUT2D eigenvalue weighted by Crippen LogP contribution is 2.21. The van der Waals surface area contributed by atoms with Crippen molar-refractivity contribution >= 4 is 16.9 Å². The number of carbonyl (C=O) groups excluding carboxylic acids is 1. The first-order chi connectivity index (χ1) is 10.8. The fraction of sp³-hybridized carbons (Fsp3) is 0.412. The molecular formula is C17H20O6. The van der Waals surface area contributed by atoms with E-state index in [1.807, 2.05) is 0 Å². The van der Waals surface area contributed by atoms with Crippen molar-refractivity contribution in [2.24, 2.45) is 0 Å². The van der Waals surface area contributed by atoms with Gasteiger partial charge in [0.15, 0.2) is 0 Å². The number of hydrogen-bond donors (Lipinski definition) is 1. The van der Waals surface area contributed by atoms with Gasteiger partial charge in [0.1, 0.15) is 17.4 Å². The quantitative estimate of drug-likeness (QED) is 0.649. The van der Waals surface area contributed by atoms with Crippen LogP contribution in [0.15, 0.2) is 39.5 Å². The summed E-state index contributed by atoms with van der Waals surface area (Å²) in [6.07, 6.45) is -0.335. The van der Waals surface area contributed by atoms with Gasteiger partial charge in [-0.1, -0.05) is 0 Å². The highest BCUT2D eigenvalue weighted by atomic mass is 16.6. The second-order valence-corrected chi connectivity index (χ2v) is 5.84. The van der Waals surface area contributed by atoms with Crippen LogP contribution < -0.4 is 10.4 Å². The summed E-state index contributed by atoms with van der Waals surface area (Å²) >= 11 is 0. The van der Waals surface area contributed by atoms with Crippen LogP contribution in [-0.4, -0.2) is 29.4 Å². The van der Waals surface area contributed by atoms with Gasteiger partial charge in [-0.15, -0.1) is 0 Å². The average molecular weight is 320 g/mol. The van der Waals surface area contributed by atoms with E-state index in [4.69, 9.17) is 13.9 Å². The molecular weight excluding hydrogens is 300 g/mol. The molecule has 0 aliphatic carbocycles. The molecule has 6 heteroatoms. The van der Waals surface area contributed by atoms with E-state index in [9.17, 15) is 14.7 Å². The Balaban J connectivity index is 2.02. The maximum absolute atomic E-state index is 11.2. The molecule has 0 fully saturated rings. The molecule has 1 unspecified atom stereocenters. The van der Waals surface area contributed by atoms with Crippen molar-refractivity contribution in [3.8, 4) is 5.75 Å². The monoisotopic (exact) mass is 320 g/mol. The van der Waals surface area contributed by atoms with Gasteiger partial charge in [-0.2, -0.15) is 0 Å². The lowest BCUT2D eigenvalue weighted by atomic mass is 9.99. The van der Waals surface area contributed by atoms with E-state index in [1.165, 1.54) is 13.0 Å². The van der Waals surface area contributed by atoms with Crippen molar-refractivity contribution < 1.29 is 23.8 Å². The van der Waals surface area contributed by atoms with Crippen LogP contribution in [-0.2, 0) is 9.53 Å². The molecule has 23 heavy (non-hydrogen) atoms. The standard InChI is InChI=1S/C17H20O6/c1-11(18)22-15(17(2,3)20)8-9-21-13-6-4-12-5-7-16(19)23-14(12)10-13/h4-7,10,15,20H,8-9H2,1-3H3. The van der Waals surface area contributed by atoms with Gasteiger partial charge in [0.25, 0.3) is 0 Å². The van der Waals surface area contributed by atoms with Gasteiger partial charge in [-0.3, -0.25) is 4.79 Å². The highest BCUT2D eigenvalue weighted by Gasteiger charge is 2.29. The molecule has 6 nitrogen and oxygen atoms in total. The average Bonchev–Trinajstić information content (AvgIpc) is 2.44. The summed E-state index contributed by atoms with van der Waals surface area (Å²) in [7, 11) is 0. The van der Waals surface area contributed by atoms with Crippen LogP contribution >= 0.6 is 0 Å². The van der Waals surface area contributed by atoms with Crippen molar-refractivity contribution in [3.05, 3.63) is 40.8 Å². The minimum atomic E-state index is -1.16. The van der Waals surface area contributed by atoms with Gasteiger partial charge in [-0.25, -0.2) is 4.79 Å². The minimum absolute atomic E-state index is 0.241. The summed E-state index contributed by atoms with van der Waals surface area (Å²) in [4.78, 5) is 22.3. The zero-order valence-corrected chi connectivity index (χ0v) is 13.4. The summed E-state index contributed by atoms with van der Waals surface area (Å²) in [5.41, 5.74) is -1.15. The normalized spacial score (nSPS) is 12.9. The molecule has 1 heterocycles. The van der Waals surface area contributed by atoms with Crippen molar-refractivity contribution in [1.29, 1.82) is 0 Å². The Labute approximate surface area is 133 Å². The number of benzene rings is 1. The molecule has 124 valence electrons. The number of ether oxygens (including phenoxy) is 2. The van der Waals surface area contributed by atoms with E-state index in [0.29, 0.717) is 17.8 Å². The maximum atomic E-state index is 11.2. The third-order valence-corrected chi connectivity index (χ3v) is 3.34. The highest BCUT2D eigenvalue weighted by molar-refractivity contribution is 5.77. The van der Waals surface area contributed by atoms with Gasteiger partial charge in [-0.05, 0) is 32.0 Å². The lowest BCUT2D eigenvalue weighted by Crippen LogP contribution is -2.40. The SMILES string of the molecule is CC(=O)OC(CCOc1ccc2ccc(=O)oc2c1)C(C)(C)O. The van der Waals surface area contributed by atoms with Crippen LogP contribution in [0, 0.1) is 0 Å². The van der Waals surface area contributed by atoms with Crippen molar-refractivity contribution in [1.82, 2.24) is 0 Å². The van der Waals surface area contributed by atoms with Gasteiger partial charge < -0.3 is 19.0 Å². The molecule has 0 amide bonds. The Hall–Kier alpha value is -2.34. The second kappa shape index (κ2) is 6.83. The number of rotatable bonds is 6. The number of aliphatic hydroxyl groups is 1. The third kappa shape index (κ3) is 4.82. The lowest BCUT2D eigenvalue weighted by Gasteiger charge is -2.28. The molecule has 2 aromatic rings. The topological polar surface area (TPSA) is 86.0 Å². The largest absolute Gasteiger partial charge is 0.493 e. The Morgan fingerprint density at radius 3 is 2.65 bits per heavy atom. The molecule has 0 saturated heterocycles. The molecule has 0 spiro atoms. The fourth-order valence-corrected chi connectivity index (χ4v) is 2.17. The van der Waals surface area contributed by atoms with E-state index < -0.39 is 23.3 Å². The van der Waals surface area contributed by atoms with Gasteiger partial charge >= 0.3 is 11.6 Å². The van der Waals surface area contributed by atoms with Crippen LogP contribution in [0.4, 0.5) is 0 Å². The minimum Gasteiger partial charge on any atom is -0.493 e. The third-order valence-electron chi connectivity index (χ3n) is 3.34. The molecule has 1 N–H and O–H groups in total. The molecule has 0 saturated carbocycles. The first kappa shape index (κ1) is 17.0. The molecule has 0 radical (unpaired) electrons. The zero-order chi connectivity index (χ0) is 17.0. The van der Waals surface area contributed by atoms with Crippen molar-refractivity contribution in [3.63, 3.8) is 0 Å². The van der Waals surface area contributed by atoms with E-state index in [2.05, 4.69) is 0 Å². The Bertz CT molecular complexity index is 741. The lowest BCUT2D eigenvalue weighted by molar-refractivity contribution is -0.160. The van der Waals surface area contributed by atoms with Crippen LogP contribution in [0.3, 0.4) is 0 Å². The van der Waals surface area contributed by atoms with Crippen molar-refractivity contribution in [2.75, 3.05) is 6.61 Å². The van der Waals surface area contributed by atoms with Gasteiger partial charge in [0.05, 0.1) is 12.2 Å². The summed E-state index contributed by atoms with van der Waals surface area (Å²) in [6, 6.07) is 8.20. The van der Waals surface area contributed by atoms with Crippen molar-refractivity contribution in [2.45, 2.75) is 38.9 Å². The fourth-order valence-electron chi connectivity index (χ4n) is 2.17. The second-order valence-electron chi connectivity index (χ2n) is 5.84. The van der Waals surface area contributed by atoms with Gasteiger partial charge in [0.2, 0.25) is 0 Å². The Kier molecular flexibility index (Phi) is 5.05. The zero-order valence-electron chi connectivity index (χ0n) is 13.4. The van der Waals surface area contributed by atoms with Gasteiger partial charge in [0, 0.05) is 30.9 Å². The van der Waals surface area contributed by atoms with Crippen LogP contribution in [0.25, 0.3) is 11.0 Å². The number of esters is 1. The van der Waals surface area contributed by atoms with Crippen LogP contribution in [0.1, 0.15) is 27.2 Å². The molecule has 0 bridgehead atoms. The summed E-state index contributed by atoms with van der Waals surface area (Å²) < 4.78 is 15.8. The molecule has 0 aliphatic heterocycles. The Morgan fingerprint density at radius 2 is 2.00 bits per heavy atom. The van der Waals surface area contributed by atoms with E-state index in [-0.39, 0.29) is 6.61 Å².